The van der Waals surface area contributed by atoms with Crippen LogP contribution in [0.2, 0.25) is 0 Å². The van der Waals surface area contributed by atoms with Gasteiger partial charge in [0.2, 0.25) is 0 Å². The predicted molar refractivity (Wildman–Crippen MR) is 323 cm³/mol. The monoisotopic (exact) mass is 1080 g/mol. The molecule has 0 aromatic rings. The van der Waals surface area contributed by atoms with E-state index in [1.165, 1.54) is 128 Å². The fourth-order valence-electron chi connectivity index (χ4n) is 8.08. The van der Waals surface area contributed by atoms with Crippen LogP contribution in [-0.4, -0.2) is 70.0 Å². The maximum atomic E-state index is 12.8. The molecule has 0 aromatic carbocycles. The van der Waals surface area contributed by atoms with E-state index >= 15 is 0 Å². The maximum absolute atomic E-state index is 12.8. The molecule has 0 aliphatic carbocycles. The lowest BCUT2D eigenvalue weighted by atomic mass is 10.0. The Labute approximate surface area is 467 Å². The molecule has 2 unspecified atom stereocenters. The summed E-state index contributed by atoms with van der Waals surface area (Å²) in [6, 6.07) is 0. The zero-order valence-corrected chi connectivity index (χ0v) is 50.3. The average Bonchev–Trinajstić information content (AvgIpc) is 3.38. The quantitative estimate of drug-likeness (QED) is 0.0195. The molecular weight excluding hydrogens is 966 g/mol. The van der Waals surface area contributed by atoms with Crippen molar-refractivity contribution in [3.05, 3.63) is 109 Å². The Morgan fingerprint density at radius 3 is 1.16 bits per heavy atom. The maximum Gasteiger partial charge on any atom is 0.306 e. The van der Waals surface area contributed by atoms with Crippen molar-refractivity contribution >= 4 is 19.8 Å². The molecule has 0 heterocycles. The Hall–Kier alpha value is -3.33. The van der Waals surface area contributed by atoms with Crippen LogP contribution >= 0.6 is 7.82 Å². The first-order chi connectivity index (χ1) is 37.0. The molecule has 0 aliphatic heterocycles. The second kappa shape index (κ2) is 56.4. The number of hydrogen-bond donors (Lipinski definition) is 0. The van der Waals surface area contributed by atoms with Gasteiger partial charge in [-0.3, -0.25) is 14.2 Å². The molecule has 436 valence electrons. The highest BCUT2D eigenvalue weighted by atomic mass is 31.2. The van der Waals surface area contributed by atoms with E-state index < -0.39 is 32.5 Å². The minimum atomic E-state index is -4.66. The molecule has 2 atom stereocenters. The van der Waals surface area contributed by atoms with Crippen molar-refractivity contribution < 1.29 is 42.1 Å². The summed E-state index contributed by atoms with van der Waals surface area (Å²) in [5, 5.41) is 0. The lowest BCUT2D eigenvalue weighted by Crippen LogP contribution is -2.37. The molecule has 0 amide bonds. The van der Waals surface area contributed by atoms with Gasteiger partial charge in [0.1, 0.15) is 19.8 Å². The normalized spacial score (nSPS) is 14.0. The topological polar surface area (TPSA) is 111 Å². The number of likely N-dealkylation sites (N-methyl/N-ethyl adjacent to an activating group) is 1. The number of phosphoric ester groups is 1. The summed E-state index contributed by atoms with van der Waals surface area (Å²) in [6.45, 7) is 4.08. The number of allylic oxidation sites excluding steroid dienone is 18. The van der Waals surface area contributed by atoms with Crippen molar-refractivity contribution in [1.29, 1.82) is 0 Å². The minimum absolute atomic E-state index is 0.0448. The van der Waals surface area contributed by atoms with Crippen LogP contribution in [0.25, 0.3) is 0 Å². The number of carbonyl (C=O) groups is 2. The third-order valence-corrected chi connectivity index (χ3v) is 13.7. The molecule has 0 radical (unpaired) electrons. The van der Waals surface area contributed by atoms with E-state index in [-0.39, 0.29) is 26.1 Å². The van der Waals surface area contributed by atoms with Crippen molar-refractivity contribution in [3.8, 4) is 0 Å². The number of carbonyl (C=O) groups excluding carboxylic acids is 2. The zero-order valence-electron chi connectivity index (χ0n) is 49.4. The molecule has 10 heteroatoms. The number of hydrogen-bond acceptors (Lipinski definition) is 8. The van der Waals surface area contributed by atoms with Gasteiger partial charge in [0.25, 0.3) is 7.82 Å². The largest absolute Gasteiger partial charge is 0.756 e. The van der Waals surface area contributed by atoms with E-state index in [1.54, 1.807) is 0 Å². The Balaban J connectivity index is 4.25. The predicted octanol–water partition coefficient (Wildman–Crippen LogP) is 18.7. The fourth-order valence-corrected chi connectivity index (χ4v) is 8.81. The molecule has 0 aliphatic rings. The van der Waals surface area contributed by atoms with Crippen molar-refractivity contribution in [1.82, 2.24) is 0 Å². The summed E-state index contributed by atoms with van der Waals surface area (Å²) in [5.41, 5.74) is 0. The molecule has 0 saturated heterocycles. The number of unbranched alkanes of at least 4 members (excludes halogenated alkanes) is 23. The first-order valence-corrected chi connectivity index (χ1v) is 32.1. The van der Waals surface area contributed by atoms with E-state index in [1.807, 2.05) is 21.1 Å². The summed E-state index contributed by atoms with van der Waals surface area (Å²) in [4.78, 5) is 37.9. The van der Waals surface area contributed by atoms with Crippen LogP contribution in [0.1, 0.15) is 245 Å². The standard InChI is InChI=1S/C66H114NO8P/c1-6-8-10-12-14-16-18-20-22-24-26-28-30-32-33-35-37-39-41-43-45-47-49-51-53-55-57-59-66(69)75-64(63-74-76(70,71)73-61-60-67(3,4)5)62-72-65(68)58-56-54-52-50-48-46-44-42-40-38-36-34-31-29-27-25-23-21-19-17-15-13-11-9-7-2/h8,10,14,16,20,22,25-28,32-33,37,39,43,45,49,51,64H,6-7,9,11-13,15,17-19,21,23-24,29-31,34-36,38,40-42,44,46-48,50,52-63H2,1-5H3/b10-8-,16-14-,22-20-,27-25-,28-26-,33-32-,39-37-,45-43-,51-49-. The van der Waals surface area contributed by atoms with Gasteiger partial charge in [-0.05, 0) is 103 Å². The van der Waals surface area contributed by atoms with Crippen molar-refractivity contribution in [2.75, 3.05) is 47.5 Å². The van der Waals surface area contributed by atoms with Gasteiger partial charge in [0.05, 0.1) is 27.7 Å². The number of phosphoric acid groups is 1. The van der Waals surface area contributed by atoms with E-state index in [4.69, 9.17) is 18.5 Å². The highest BCUT2D eigenvalue weighted by molar-refractivity contribution is 7.45. The van der Waals surface area contributed by atoms with Crippen LogP contribution in [0, 0.1) is 0 Å². The van der Waals surface area contributed by atoms with Gasteiger partial charge in [-0.25, -0.2) is 0 Å². The number of quaternary nitrogens is 1. The summed E-state index contributed by atoms with van der Waals surface area (Å²) in [7, 11) is 1.13. The first-order valence-electron chi connectivity index (χ1n) is 30.6. The molecule has 0 fully saturated rings. The van der Waals surface area contributed by atoms with Gasteiger partial charge in [-0.1, -0.05) is 239 Å². The van der Waals surface area contributed by atoms with E-state index in [0.29, 0.717) is 17.4 Å². The lowest BCUT2D eigenvalue weighted by molar-refractivity contribution is -0.870. The molecule has 0 saturated carbocycles. The van der Waals surface area contributed by atoms with Crippen LogP contribution in [-0.2, 0) is 32.7 Å². The van der Waals surface area contributed by atoms with Crippen LogP contribution < -0.4 is 4.89 Å². The lowest BCUT2D eigenvalue weighted by Gasteiger charge is -2.28. The van der Waals surface area contributed by atoms with Gasteiger partial charge in [-0.2, -0.15) is 0 Å². The highest BCUT2D eigenvalue weighted by Gasteiger charge is 2.21. The molecule has 9 nitrogen and oxygen atoms in total. The SMILES string of the molecule is CC/C=C\C/C=C\C/C=C\C/C=C\C/C=C\C/C=C\C/C=C\C/C=C\CCCCC(=O)OC(COC(=O)CCCCCCCCCCCCCCC/C=C\CCCCCCCCCC)COP(=O)([O-])OCC[N+](C)(C)C. The summed E-state index contributed by atoms with van der Waals surface area (Å²) < 4.78 is 34.1. The zero-order chi connectivity index (χ0) is 55.6. The molecular formula is C66H114NO8P. The van der Waals surface area contributed by atoms with Crippen LogP contribution in [0.4, 0.5) is 0 Å². The van der Waals surface area contributed by atoms with Crippen molar-refractivity contribution in [3.63, 3.8) is 0 Å². The Bertz CT molecular complexity index is 1650. The van der Waals surface area contributed by atoms with E-state index in [9.17, 15) is 19.0 Å². The number of esters is 2. The number of nitrogens with zero attached hydrogens (tertiary/aromatic N) is 1. The van der Waals surface area contributed by atoms with E-state index in [2.05, 4.69) is 123 Å². The summed E-state index contributed by atoms with van der Waals surface area (Å²) in [5.74, 6) is -0.887. The third kappa shape index (κ3) is 59.9. The van der Waals surface area contributed by atoms with Crippen molar-refractivity contribution in [2.24, 2.45) is 0 Å². The Morgan fingerprint density at radius 1 is 0.421 bits per heavy atom. The molecule has 0 aromatic heterocycles. The smallest absolute Gasteiger partial charge is 0.306 e. The molecule has 0 bridgehead atoms. The second-order valence-electron chi connectivity index (χ2n) is 21.3. The average molecular weight is 1080 g/mol. The first kappa shape index (κ1) is 72.7. The molecule has 0 N–H and O–H groups in total. The molecule has 76 heavy (non-hydrogen) atoms. The van der Waals surface area contributed by atoms with Gasteiger partial charge in [0, 0.05) is 12.8 Å². The summed E-state index contributed by atoms with van der Waals surface area (Å²) >= 11 is 0. The molecule has 0 spiro atoms. The number of rotatable bonds is 55. The molecule has 0 rings (SSSR count). The van der Waals surface area contributed by atoms with Gasteiger partial charge in [0.15, 0.2) is 6.10 Å². The van der Waals surface area contributed by atoms with Crippen LogP contribution in [0.3, 0.4) is 0 Å². The second-order valence-corrected chi connectivity index (χ2v) is 22.7. The van der Waals surface area contributed by atoms with Crippen LogP contribution in [0.15, 0.2) is 109 Å². The van der Waals surface area contributed by atoms with Crippen LogP contribution in [0.5, 0.6) is 0 Å². The highest BCUT2D eigenvalue weighted by Crippen LogP contribution is 2.38. The fraction of sp³-hybridized carbons (Fsp3) is 0.697. The minimum Gasteiger partial charge on any atom is -0.756 e. The van der Waals surface area contributed by atoms with Crippen molar-refractivity contribution in [2.45, 2.75) is 251 Å². The van der Waals surface area contributed by atoms with Gasteiger partial charge < -0.3 is 27.9 Å². The van der Waals surface area contributed by atoms with Gasteiger partial charge >= 0.3 is 11.9 Å². The third-order valence-electron chi connectivity index (χ3n) is 12.8. The Kier molecular flexibility index (Phi) is 53.9. The summed E-state index contributed by atoms with van der Waals surface area (Å²) in [6.07, 6.45) is 78.6. The Morgan fingerprint density at radius 2 is 0.750 bits per heavy atom. The van der Waals surface area contributed by atoms with E-state index in [0.717, 1.165) is 83.5 Å². The number of ether oxygens (including phenoxy) is 2. The van der Waals surface area contributed by atoms with Gasteiger partial charge in [-0.15, -0.1) is 0 Å².